The van der Waals surface area contributed by atoms with E-state index >= 15 is 0 Å². The molecule has 8 heteroatoms. The second kappa shape index (κ2) is 13.0. The van der Waals surface area contributed by atoms with Crippen LogP contribution in [0.2, 0.25) is 0 Å². The molecule has 0 aliphatic rings. The lowest BCUT2D eigenvalue weighted by Crippen LogP contribution is -2.32. The number of ketones is 1. The van der Waals surface area contributed by atoms with E-state index in [-0.39, 0.29) is 12.2 Å². The third-order valence-corrected chi connectivity index (χ3v) is 6.69. The Morgan fingerprint density at radius 2 is 1.56 bits per heavy atom. The van der Waals surface area contributed by atoms with Gasteiger partial charge in [0.25, 0.3) is 0 Å². The molecule has 0 radical (unpaired) electrons. The predicted molar refractivity (Wildman–Crippen MR) is 153 cm³/mol. The second-order valence-corrected chi connectivity index (χ2v) is 9.58. The molecule has 200 valence electrons. The van der Waals surface area contributed by atoms with Crippen LogP contribution in [0.1, 0.15) is 27.0 Å². The Morgan fingerprint density at radius 1 is 0.872 bits per heavy atom. The molecule has 4 aromatic rings. The Balaban J connectivity index is 1.43. The normalized spacial score (nSPS) is 11.4. The van der Waals surface area contributed by atoms with E-state index in [1.807, 2.05) is 30.3 Å². The quantitative estimate of drug-likeness (QED) is 0.185. The van der Waals surface area contributed by atoms with Gasteiger partial charge in [0.15, 0.2) is 17.3 Å². The molecule has 0 aliphatic carbocycles. The lowest BCUT2D eigenvalue weighted by atomic mass is 10.00. The van der Waals surface area contributed by atoms with Gasteiger partial charge in [-0.1, -0.05) is 54.6 Å². The highest BCUT2D eigenvalue weighted by atomic mass is 79.9. The van der Waals surface area contributed by atoms with Crippen molar-refractivity contribution in [3.8, 4) is 17.2 Å². The second-order valence-electron chi connectivity index (χ2n) is 8.73. The SMILES string of the molecule is COc1cc(COc2ccc(C[C@H](Nc3ccccc3C(=O)c3ccccc3)C(=O)O)cc2)cc(Br)c1OC. The summed E-state index contributed by atoms with van der Waals surface area (Å²) in [6.45, 7) is 0.309. The number of aliphatic carboxylic acids is 1. The summed E-state index contributed by atoms with van der Waals surface area (Å²) in [4.78, 5) is 25.2. The lowest BCUT2D eigenvalue weighted by molar-refractivity contribution is -0.137. The maximum absolute atomic E-state index is 13.0. The van der Waals surface area contributed by atoms with Crippen LogP contribution in [0, 0.1) is 0 Å². The van der Waals surface area contributed by atoms with E-state index in [1.165, 1.54) is 0 Å². The molecule has 2 N–H and O–H groups in total. The average Bonchev–Trinajstić information content (AvgIpc) is 2.96. The highest BCUT2D eigenvalue weighted by Gasteiger charge is 2.21. The van der Waals surface area contributed by atoms with Crippen LogP contribution in [-0.4, -0.2) is 37.1 Å². The van der Waals surface area contributed by atoms with Gasteiger partial charge in [-0.05, 0) is 63.5 Å². The van der Waals surface area contributed by atoms with Crippen molar-refractivity contribution in [2.45, 2.75) is 19.1 Å². The van der Waals surface area contributed by atoms with E-state index < -0.39 is 12.0 Å². The van der Waals surface area contributed by atoms with Gasteiger partial charge in [-0.15, -0.1) is 0 Å². The number of benzene rings is 4. The van der Waals surface area contributed by atoms with Crippen molar-refractivity contribution in [3.63, 3.8) is 0 Å². The van der Waals surface area contributed by atoms with Crippen molar-refractivity contribution in [1.82, 2.24) is 0 Å². The van der Waals surface area contributed by atoms with E-state index in [2.05, 4.69) is 21.2 Å². The molecule has 0 unspecified atom stereocenters. The number of hydrogen-bond donors (Lipinski definition) is 2. The smallest absolute Gasteiger partial charge is 0.326 e. The zero-order valence-electron chi connectivity index (χ0n) is 21.5. The van der Waals surface area contributed by atoms with Crippen molar-refractivity contribution in [2.24, 2.45) is 0 Å². The molecule has 0 amide bonds. The Morgan fingerprint density at radius 3 is 2.23 bits per heavy atom. The van der Waals surface area contributed by atoms with Crippen LogP contribution in [0.3, 0.4) is 0 Å². The Kier molecular flexibility index (Phi) is 9.22. The first kappa shape index (κ1) is 27.7. The molecular formula is C31H28BrNO6. The fraction of sp³-hybridized carbons (Fsp3) is 0.161. The molecule has 1 atom stereocenters. The molecule has 4 aromatic carbocycles. The largest absolute Gasteiger partial charge is 0.493 e. The number of ether oxygens (including phenoxy) is 3. The average molecular weight is 590 g/mol. The maximum Gasteiger partial charge on any atom is 0.326 e. The summed E-state index contributed by atoms with van der Waals surface area (Å²) in [7, 11) is 3.15. The topological polar surface area (TPSA) is 94.1 Å². The summed E-state index contributed by atoms with van der Waals surface area (Å²) in [6.07, 6.45) is 0.214. The van der Waals surface area contributed by atoms with Gasteiger partial charge in [-0.25, -0.2) is 4.79 Å². The molecule has 39 heavy (non-hydrogen) atoms. The van der Waals surface area contributed by atoms with Crippen molar-refractivity contribution in [1.29, 1.82) is 0 Å². The highest BCUT2D eigenvalue weighted by Crippen LogP contribution is 2.36. The van der Waals surface area contributed by atoms with E-state index in [1.54, 1.807) is 74.9 Å². The molecule has 7 nitrogen and oxygen atoms in total. The molecule has 0 aliphatic heterocycles. The number of carboxylic acid groups (broad SMARTS) is 1. The number of rotatable bonds is 12. The molecule has 0 fully saturated rings. The first-order chi connectivity index (χ1) is 18.9. The van der Waals surface area contributed by atoms with E-state index in [4.69, 9.17) is 14.2 Å². The summed E-state index contributed by atoms with van der Waals surface area (Å²) in [5, 5.41) is 13.0. The van der Waals surface area contributed by atoms with Crippen LogP contribution in [0.5, 0.6) is 17.2 Å². The Hall–Kier alpha value is -4.30. The fourth-order valence-corrected chi connectivity index (χ4v) is 4.77. The molecular weight excluding hydrogens is 562 g/mol. The van der Waals surface area contributed by atoms with Crippen molar-refractivity contribution in [2.75, 3.05) is 19.5 Å². The Labute approximate surface area is 235 Å². The van der Waals surface area contributed by atoms with Crippen LogP contribution in [0.4, 0.5) is 5.69 Å². The highest BCUT2D eigenvalue weighted by molar-refractivity contribution is 9.10. The summed E-state index contributed by atoms with van der Waals surface area (Å²) in [6, 6.07) is 25.9. The number of nitrogens with one attached hydrogen (secondary N) is 1. The van der Waals surface area contributed by atoms with Crippen LogP contribution in [0.15, 0.2) is 95.5 Å². The van der Waals surface area contributed by atoms with Crippen LogP contribution in [0.25, 0.3) is 0 Å². The Bertz CT molecular complexity index is 1440. The number of methoxy groups -OCH3 is 2. The molecule has 4 rings (SSSR count). The minimum Gasteiger partial charge on any atom is -0.493 e. The number of hydrogen-bond acceptors (Lipinski definition) is 6. The van der Waals surface area contributed by atoms with Crippen molar-refractivity contribution in [3.05, 3.63) is 118 Å². The number of carbonyl (C=O) groups excluding carboxylic acids is 1. The summed E-state index contributed by atoms with van der Waals surface area (Å²) in [5.74, 6) is 0.657. The number of para-hydroxylation sites is 1. The van der Waals surface area contributed by atoms with Gasteiger partial charge >= 0.3 is 5.97 Å². The molecule has 0 spiro atoms. The first-order valence-corrected chi connectivity index (χ1v) is 13.0. The maximum atomic E-state index is 13.0. The van der Waals surface area contributed by atoms with E-state index in [9.17, 15) is 14.7 Å². The van der Waals surface area contributed by atoms with Crippen LogP contribution >= 0.6 is 15.9 Å². The summed E-state index contributed by atoms with van der Waals surface area (Å²) in [5.41, 5.74) is 3.13. The summed E-state index contributed by atoms with van der Waals surface area (Å²) < 4.78 is 17.4. The monoisotopic (exact) mass is 589 g/mol. The number of carbonyl (C=O) groups is 2. The number of carboxylic acids is 1. The minimum atomic E-state index is -1.02. The van der Waals surface area contributed by atoms with Gasteiger partial charge in [0, 0.05) is 23.2 Å². The predicted octanol–water partition coefficient (Wildman–Crippen LogP) is 6.38. The molecule has 0 saturated carbocycles. The molecule has 0 heterocycles. The number of halogens is 1. The van der Waals surface area contributed by atoms with E-state index in [0.29, 0.717) is 40.7 Å². The zero-order valence-corrected chi connectivity index (χ0v) is 23.1. The van der Waals surface area contributed by atoms with Crippen LogP contribution in [-0.2, 0) is 17.8 Å². The van der Waals surface area contributed by atoms with Gasteiger partial charge in [-0.3, -0.25) is 4.79 Å². The van der Waals surface area contributed by atoms with Gasteiger partial charge in [0.1, 0.15) is 18.4 Å². The van der Waals surface area contributed by atoms with Gasteiger partial charge in [0.05, 0.1) is 18.7 Å². The number of anilines is 1. The molecule has 0 bridgehead atoms. The third-order valence-electron chi connectivity index (χ3n) is 6.10. The van der Waals surface area contributed by atoms with Crippen LogP contribution < -0.4 is 19.5 Å². The fourth-order valence-electron chi connectivity index (χ4n) is 4.12. The first-order valence-electron chi connectivity index (χ1n) is 12.2. The summed E-state index contributed by atoms with van der Waals surface area (Å²) >= 11 is 3.48. The lowest BCUT2D eigenvalue weighted by Gasteiger charge is -2.18. The van der Waals surface area contributed by atoms with Gasteiger partial charge in [-0.2, -0.15) is 0 Å². The standard InChI is InChI=1S/C31H28BrNO6/c1-37-28-18-21(16-25(32)30(28)38-2)19-39-23-14-12-20(13-15-23)17-27(31(35)36)33-26-11-7-6-10-24(26)29(34)22-8-4-3-5-9-22/h3-16,18,27,33H,17,19H2,1-2H3,(H,35,36)/t27-/m0/s1. The van der Waals surface area contributed by atoms with Gasteiger partial charge in [0.2, 0.25) is 0 Å². The third kappa shape index (κ3) is 6.97. The van der Waals surface area contributed by atoms with Crippen molar-refractivity contribution < 1.29 is 28.9 Å². The molecule has 0 aromatic heterocycles. The van der Waals surface area contributed by atoms with Crippen molar-refractivity contribution >= 4 is 33.4 Å². The van der Waals surface area contributed by atoms with E-state index in [0.717, 1.165) is 15.6 Å². The molecule has 0 saturated heterocycles. The minimum absolute atomic E-state index is 0.175. The zero-order chi connectivity index (χ0) is 27.8. The van der Waals surface area contributed by atoms with Gasteiger partial charge < -0.3 is 24.6 Å².